The number of likely N-dealkylation sites (tertiary alicyclic amines) is 1. The van der Waals surface area contributed by atoms with Crippen LogP contribution >= 0.6 is 0 Å². The Hall–Kier alpha value is -0.940. The maximum atomic E-state index is 11.6. The topological polar surface area (TPSA) is 69.6 Å². The van der Waals surface area contributed by atoms with Crippen molar-refractivity contribution in [2.24, 2.45) is 5.92 Å². The van der Waals surface area contributed by atoms with Gasteiger partial charge in [0, 0.05) is 19.4 Å². The van der Waals surface area contributed by atoms with Gasteiger partial charge in [-0.2, -0.15) is 0 Å². The van der Waals surface area contributed by atoms with Crippen molar-refractivity contribution in [2.45, 2.75) is 32.8 Å². The minimum Gasteiger partial charge on any atom is -0.390 e. The third kappa shape index (κ3) is 3.57. The van der Waals surface area contributed by atoms with E-state index in [1.54, 1.807) is 0 Å². The molecule has 0 aromatic carbocycles. The fraction of sp³-hybridized carbons (Fsp3) is 0.818. The molecule has 92 valence electrons. The molecule has 0 aliphatic carbocycles. The lowest BCUT2D eigenvalue weighted by molar-refractivity contribution is -0.151. The van der Waals surface area contributed by atoms with E-state index in [1.807, 2.05) is 13.8 Å². The Bertz CT molecular complexity index is 250. The monoisotopic (exact) mass is 228 g/mol. The number of likely N-dealkylation sites (N-methyl/N-ethyl adjacent to an activating group) is 1. The van der Waals surface area contributed by atoms with Crippen molar-refractivity contribution in [2.75, 3.05) is 19.6 Å². The second kappa shape index (κ2) is 5.96. The molecule has 1 atom stereocenters. The number of aliphatic hydroxyl groups excluding tert-OH is 1. The molecular formula is C11H20N2O3. The highest BCUT2D eigenvalue weighted by atomic mass is 16.3. The van der Waals surface area contributed by atoms with Crippen LogP contribution in [-0.2, 0) is 9.59 Å². The molecule has 1 saturated heterocycles. The summed E-state index contributed by atoms with van der Waals surface area (Å²) < 4.78 is 0. The number of piperidine rings is 1. The number of β-amino-alcohol motifs (C(OH)–C–C–N with tert-alkyl or cyclic N) is 1. The zero-order valence-electron chi connectivity index (χ0n) is 9.90. The van der Waals surface area contributed by atoms with Gasteiger partial charge in [0.15, 0.2) is 0 Å². The van der Waals surface area contributed by atoms with Gasteiger partial charge in [-0.05, 0) is 12.5 Å². The standard InChI is InChI=1S/C11H20N2O3/c1-3-12-6-9(14)7-13-10(15)4-8(2)5-11(13)16/h8-9,12,14H,3-7H2,1-2H3. The molecule has 1 unspecified atom stereocenters. The van der Waals surface area contributed by atoms with Gasteiger partial charge < -0.3 is 10.4 Å². The second-order valence-corrected chi connectivity index (χ2v) is 4.37. The van der Waals surface area contributed by atoms with E-state index in [2.05, 4.69) is 5.32 Å². The molecule has 1 aliphatic heterocycles. The molecule has 5 heteroatoms. The molecule has 16 heavy (non-hydrogen) atoms. The van der Waals surface area contributed by atoms with Crippen molar-refractivity contribution in [3.63, 3.8) is 0 Å². The molecule has 1 aliphatic rings. The SMILES string of the molecule is CCNCC(O)CN1C(=O)CC(C)CC1=O. The zero-order chi connectivity index (χ0) is 12.1. The van der Waals surface area contributed by atoms with E-state index in [4.69, 9.17) is 0 Å². The Balaban J connectivity index is 2.46. The predicted molar refractivity (Wildman–Crippen MR) is 59.7 cm³/mol. The zero-order valence-corrected chi connectivity index (χ0v) is 9.90. The highest BCUT2D eigenvalue weighted by Gasteiger charge is 2.31. The van der Waals surface area contributed by atoms with Crippen LogP contribution in [0.4, 0.5) is 0 Å². The smallest absolute Gasteiger partial charge is 0.229 e. The molecule has 0 saturated carbocycles. The molecule has 0 spiro atoms. The van der Waals surface area contributed by atoms with Gasteiger partial charge in [0.25, 0.3) is 0 Å². The summed E-state index contributed by atoms with van der Waals surface area (Å²) in [5.41, 5.74) is 0. The highest BCUT2D eigenvalue weighted by molar-refractivity contribution is 5.97. The fourth-order valence-corrected chi connectivity index (χ4v) is 1.82. The second-order valence-electron chi connectivity index (χ2n) is 4.37. The molecule has 0 aromatic heterocycles. The number of nitrogens with zero attached hydrogens (tertiary/aromatic N) is 1. The maximum absolute atomic E-state index is 11.6. The van der Waals surface area contributed by atoms with Gasteiger partial charge in [0.1, 0.15) is 0 Å². The molecule has 0 bridgehead atoms. The minimum atomic E-state index is -0.679. The molecular weight excluding hydrogens is 208 g/mol. The number of carbonyl (C=O) groups is 2. The van der Waals surface area contributed by atoms with Crippen molar-refractivity contribution in [1.29, 1.82) is 0 Å². The number of carbonyl (C=O) groups excluding carboxylic acids is 2. The summed E-state index contributed by atoms with van der Waals surface area (Å²) in [4.78, 5) is 24.4. The molecule has 1 heterocycles. The number of aliphatic hydroxyl groups is 1. The lowest BCUT2D eigenvalue weighted by Crippen LogP contribution is -2.48. The molecule has 2 N–H and O–H groups in total. The summed E-state index contributed by atoms with van der Waals surface area (Å²) in [5.74, 6) is -0.208. The van der Waals surface area contributed by atoms with Crippen LogP contribution in [0.3, 0.4) is 0 Å². The molecule has 1 rings (SSSR count). The lowest BCUT2D eigenvalue weighted by Gasteiger charge is -2.29. The van der Waals surface area contributed by atoms with Crippen LogP contribution in [0.15, 0.2) is 0 Å². The first-order valence-corrected chi connectivity index (χ1v) is 5.76. The molecule has 0 aromatic rings. The Morgan fingerprint density at radius 2 is 2.00 bits per heavy atom. The Morgan fingerprint density at radius 3 is 2.50 bits per heavy atom. The Labute approximate surface area is 95.8 Å². The van der Waals surface area contributed by atoms with E-state index in [0.29, 0.717) is 19.4 Å². The molecule has 5 nitrogen and oxygen atoms in total. The largest absolute Gasteiger partial charge is 0.390 e. The summed E-state index contributed by atoms with van der Waals surface area (Å²) in [6.45, 7) is 5.10. The summed E-state index contributed by atoms with van der Waals surface area (Å²) in [6.07, 6.45) is 0.126. The first kappa shape index (κ1) is 13.1. The third-order valence-electron chi connectivity index (χ3n) is 2.67. The van der Waals surface area contributed by atoms with Crippen LogP contribution < -0.4 is 5.32 Å². The predicted octanol–water partition coefficient (Wildman–Crippen LogP) is -0.258. The van der Waals surface area contributed by atoms with E-state index < -0.39 is 6.10 Å². The number of imide groups is 1. The number of hydrogen-bond donors (Lipinski definition) is 2. The number of rotatable bonds is 5. The van der Waals surface area contributed by atoms with E-state index >= 15 is 0 Å². The summed E-state index contributed by atoms with van der Waals surface area (Å²) in [5, 5.41) is 12.6. The van der Waals surface area contributed by atoms with Gasteiger partial charge in [-0.25, -0.2) is 0 Å². The fourth-order valence-electron chi connectivity index (χ4n) is 1.82. The normalized spacial score (nSPS) is 20.3. The first-order valence-electron chi connectivity index (χ1n) is 5.76. The lowest BCUT2D eigenvalue weighted by atomic mass is 9.97. The Kier molecular flexibility index (Phi) is 4.89. The minimum absolute atomic E-state index is 0.109. The van der Waals surface area contributed by atoms with Gasteiger partial charge in [-0.3, -0.25) is 14.5 Å². The van der Waals surface area contributed by atoms with Crippen LogP contribution in [0.1, 0.15) is 26.7 Å². The summed E-state index contributed by atoms with van der Waals surface area (Å²) in [6, 6.07) is 0. The number of nitrogens with one attached hydrogen (secondary N) is 1. The molecule has 0 radical (unpaired) electrons. The quantitative estimate of drug-likeness (QED) is 0.636. The van der Waals surface area contributed by atoms with Crippen LogP contribution in [0.5, 0.6) is 0 Å². The van der Waals surface area contributed by atoms with Crippen molar-refractivity contribution >= 4 is 11.8 Å². The molecule has 2 amide bonds. The van der Waals surface area contributed by atoms with Crippen LogP contribution in [0, 0.1) is 5.92 Å². The van der Waals surface area contributed by atoms with Gasteiger partial charge >= 0.3 is 0 Å². The van der Waals surface area contributed by atoms with Crippen molar-refractivity contribution in [3.8, 4) is 0 Å². The van der Waals surface area contributed by atoms with Gasteiger partial charge in [0.05, 0.1) is 12.6 Å². The van der Waals surface area contributed by atoms with E-state index in [9.17, 15) is 14.7 Å². The van der Waals surface area contributed by atoms with Crippen molar-refractivity contribution in [1.82, 2.24) is 10.2 Å². The van der Waals surface area contributed by atoms with Crippen LogP contribution in [0.25, 0.3) is 0 Å². The average molecular weight is 228 g/mol. The number of hydrogen-bond acceptors (Lipinski definition) is 4. The van der Waals surface area contributed by atoms with E-state index in [0.717, 1.165) is 6.54 Å². The average Bonchev–Trinajstić information content (AvgIpc) is 2.20. The highest BCUT2D eigenvalue weighted by Crippen LogP contribution is 2.18. The Morgan fingerprint density at radius 1 is 1.44 bits per heavy atom. The van der Waals surface area contributed by atoms with Crippen molar-refractivity contribution < 1.29 is 14.7 Å². The summed E-state index contributed by atoms with van der Waals surface area (Å²) in [7, 11) is 0. The first-order chi connectivity index (χ1) is 7.54. The van der Waals surface area contributed by atoms with Gasteiger partial charge in [-0.15, -0.1) is 0 Å². The maximum Gasteiger partial charge on any atom is 0.229 e. The van der Waals surface area contributed by atoms with Gasteiger partial charge in [0.2, 0.25) is 11.8 Å². The third-order valence-corrected chi connectivity index (χ3v) is 2.67. The van der Waals surface area contributed by atoms with Crippen LogP contribution in [-0.4, -0.2) is 47.6 Å². The van der Waals surface area contributed by atoms with Crippen molar-refractivity contribution in [3.05, 3.63) is 0 Å². The van der Waals surface area contributed by atoms with Gasteiger partial charge in [-0.1, -0.05) is 13.8 Å². The van der Waals surface area contributed by atoms with E-state index in [-0.39, 0.29) is 24.3 Å². The summed E-state index contributed by atoms with van der Waals surface area (Å²) >= 11 is 0. The van der Waals surface area contributed by atoms with Crippen LogP contribution in [0.2, 0.25) is 0 Å². The molecule has 1 fully saturated rings. The number of amides is 2. The van der Waals surface area contributed by atoms with E-state index in [1.165, 1.54) is 4.90 Å².